The maximum atomic E-state index is 13.2. The summed E-state index contributed by atoms with van der Waals surface area (Å²) in [6.45, 7) is 6.50. The number of H-pyrrole nitrogens is 2. The Labute approximate surface area is 210 Å². The van der Waals surface area contributed by atoms with Crippen LogP contribution in [0.3, 0.4) is 0 Å². The first-order chi connectivity index (χ1) is 17.5. The molecule has 11 nitrogen and oxygen atoms in total. The number of likely N-dealkylation sites (N-methyl/N-ethyl adjacent to an activating group) is 1. The zero-order valence-corrected chi connectivity index (χ0v) is 20.8. The standard InChI is InChI=1S/C24H28N8O3S/c1-2-30-7-9-31(10-8-30)23(34)19-6-5-18(36-19)16-12-20(26-15-3-4-15)32-21(27-16)14(13-25-32)11-17-22(33)29-24(35)28-17/h6,11-13,15,18,33H,2-5,7-10H2,1H3,(H2,28,29,35). The molecule has 1 saturated heterocycles. The minimum atomic E-state index is -0.491. The lowest BCUT2D eigenvalue weighted by atomic mass is 10.2. The first-order valence-electron chi connectivity index (χ1n) is 12.3. The van der Waals surface area contributed by atoms with Gasteiger partial charge in [0.15, 0.2) is 11.1 Å². The number of thioether (sulfide) groups is 1. The largest absolute Gasteiger partial charge is 0.493 e. The van der Waals surface area contributed by atoms with Crippen molar-refractivity contribution in [2.75, 3.05) is 32.7 Å². The summed E-state index contributed by atoms with van der Waals surface area (Å²) < 4.78 is 1.70. The number of fused-ring (bicyclic) bond motifs is 1. The first-order valence-corrected chi connectivity index (χ1v) is 13.2. The van der Waals surface area contributed by atoms with Crippen LogP contribution < -0.4 is 16.4 Å². The van der Waals surface area contributed by atoms with Crippen LogP contribution >= 0.6 is 11.8 Å². The number of nitrogens with zero attached hydrogens (tertiary/aromatic N) is 6. The van der Waals surface area contributed by atoms with Gasteiger partial charge in [0.1, 0.15) is 5.69 Å². The number of imidazole rings is 1. The number of carbonyl (C=O) groups is 1. The molecule has 3 N–H and O–H groups in total. The maximum Gasteiger partial charge on any atom is 0.326 e. The second-order valence-electron chi connectivity index (χ2n) is 9.36. The van der Waals surface area contributed by atoms with Gasteiger partial charge < -0.3 is 19.9 Å². The highest BCUT2D eigenvalue weighted by Crippen LogP contribution is 2.43. The number of aromatic amines is 2. The number of nitrogens with one attached hydrogen (secondary N) is 2. The van der Waals surface area contributed by atoms with E-state index < -0.39 is 5.69 Å². The molecular formula is C24H28N8O3S. The Morgan fingerprint density at radius 1 is 1.28 bits per heavy atom. The molecule has 5 heterocycles. The summed E-state index contributed by atoms with van der Waals surface area (Å²) in [6, 6.07) is 2.26. The Kier molecular flexibility index (Phi) is 5.92. The summed E-state index contributed by atoms with van der Waals surface area (Å²) >= 11 is 1.56. The van der Waals surface area contributed by atoms with E-state index in [4.69, 9.17) is 9.98 Å². The van der Waals surface area contributed by atoms with Gasteiger partial charge in [-0.25, -0.2) is 9.78 Å². The van der Waals surface area contributed by atoms with Gasteiger partial charge in [0.2, 0.25) is 5.88 Å². The molecule has 0 bridgehead atoms. The number of aromatic nitrogens is 5. The van der Waals surface area contributed by atoms with E-state index in [1.54, 1.807) is 28.6 Å². The van der Waals surface area contributed by atoms with Gasteiger partial charge in [-0.3, -0.25) is 14.8 Å². The van der Waals surface area contributed by atoms with Crippen LogP contribution in [0.25, 0.3) is 11.7 Å². The summed E-state index contributed by atoms with van der Waals surface area (Å²) in [5, 5.41) is 15.1. The fourth-order valence-electron chi connectivity index (χ4n) is 4.58. The summed E-state index contributed by atoms with van der Waals surface area (Å²) in [5.74, 6) is -0.135. The summed E-state index contributed by atoms with van der Waals surface area (Å²) in [4.78, 5) is 44.4. The lowest BCUT2D eigenvalue weighted by Gasteiger charge is -2.34. The van der Waals surface area contributed by atoms with Crippen molar-refractivity contribution in [3.05, 3.63) is 55.8 Å². The van der Waals surface area contributed by atoms with Gasteiger partial charge in [-0.15, -0.1) is 11.8 Å². The second-order valence-corrected chi connectivity index (χ2v) is 10.6. The molecule has 3 aromatic rings. The number of aromatic hydroxyl groups is 1. The Hall–Kier alpha value is -3.38. The van der Waals surface area contributed by atoms with Crippen LogP contribution in [-0.4, -0.2) is 84.1 Å². The predicted molar refractivity (Wildman–Crippen MR) is 135 cm³/mol. The molecule has 1 aliphatic carbocycles. The second kappa shape index (κ2) is 9.25. The van der Waals surface area contributed by atoms with Crippen LogP contribution in [0.5, 0.6) is 5.88 Å². The van der Waals surface area contributed by atoms with Crippen molar-refractivity contribution in [1.82, 2.24) is 34.4 Å². The van der Waals surface area contributed by atoms with Crippen molar-refractivity contribution < 1.29 is 9.90 Å². The van der Waals surface area contributed by atoms with Gasteiger partial charge >= 0.3 is 5.69 Å². The fourth-order valence-corrected chi connectivity index (χ4v) is 5.75. The number of piperazine rings is 1. The van der Waals surface area contributed by atoms with E-state index in [1.165, 1.54) is 0 Å². The average Bonchev–Trinajstić information content (AvgIpc) is 3.26. The molecule has 6 rings (SSSR count). The number of carbonyl (C=O) groups excluding carboxylic acids is 1. The van der Waals surface area contributed by atoms with E-state index in [1.807, 2.05) is 17.0 Å². The van der Waals surface area contributed by atoms with Crippen LogP contribution in [0.15, 0.2) is 33.0 Å². The molecule has 3 aliphatic rings. The van der Waals surface area contributed by atoms with E-state index >= 15 is 0 Å². The fraction of sp³-hybridized carbons (Fsp3) is 0.458. The van der Waals surface area contributed by atoms with Gasteiger partial charge in [0.05, 0.1) is 28.1 Å². The number of rotatable bonds is 5. The smallest absolute Gasteiger partial charge is 0.326 e. The quantitative estimate of drug-likeness (QED) is 0.451. The third-order valence-electron chi connectivity index (χ3n) is 6.83. The molecule has 1 amide bonds. The molecule has 12 heteroatoms. The highest BCUT2D eigenvalue weighted by molar-refractivity contribution is 8.04. The van der Waals surface area contributed by atoms with Crippen LogP contribution in [0, 0.1) is 0 Å². The highest BCUT2D eigenvalue weighted by atomic mass is 32.2. The molecular weight excluding hydrogens is 480 g/mol. The number of hydrogen-bond donors (Lipinski definition) is 3. The van der Waals surface area contributed by atoms with Crippen molar-refractivity contribution in [3.63, 3.8) is 0 Å². The Morgan fingerprint density at radius 2 is 2.08 bits per heavy atom. The monoisotopic (exact) mass is 508 g/mol. The Bertz CT molecular complexity index is 1520. The van der Waals surface area contributed by atoms with Crippen molar-refractivity contribution in [2.45, 2.75) is 37.5 Å². The molecule has 36 heavy (non-hydrogen) atoms. The lowest BCUT2D eigenvalue weighted by molar-refractivity contribution is -0.128. The normalized spacial score (nSPS) is 22.1. The number of amides is 1. The van der Waals surface area contributed by atoms with Crippen molar-refractivity contribution in [1.29, 1.82) is 0 Å². The zero-order valence-electron chi connectivity index (χ0n) is 20.0. The molecule has 1 unspecified atom stereocenters. The van der Waals surface area contributed by atoms with Gasteiger partial charge in [0, 0.05) is 37.5 Å². The van der Waals surface area contributed by atoms with Gasteiger partial charge in [-0.1, -0.05) is 13.0 Å². The third-order valence-corrected chi connectivity index (χ3v) is 8.14. The van der Waals surface area contributed by atoms with Crippen molar-refractivity contribution in [2.24, 2.45) is 4.99 Å². The van der Waals surface area contributed by atoms with E-state index in [-0.39, 0.29) is 22.7 Å². The number of hydrogen-bond acceptors (Lipinski definition) is 8. The molecule has 0 aromatic carbocycles. The zero-order chi connectivity index (χ0) is 24.8. The van der Waals surface area contributed by atoms with Gasteiger partial charge in [0.25, 0.3) is 5.91 Å². The van der Waals surface area contributed by atoms with E-state index in [0.29, 0.717) is 23.3 Å². The molecule has 3 aromatic heterocycles. The SMILES string of the molecule is CCN1CCN(C(=O)C2=CCC(c3cc(=NC4CC4)n4ncc(=Cc5[nH]c(=O)[nH]c5O)c4n3)S2)CC1. The summed E-state index contributed by atoms with van der Waals surface area (Å²) in [6.07, 6.45) is 8.14. The van der Waals surface area contributed by atoms with Gasteiger partial charge in [-0.05, 0) is 31.9 Å². The molecule has 1 atom stereocenters. The van der Waals surface area contributed by atoms with Crippen LogP contribution in [-0.2, 0) is 4.79 Å². The van der Waals surface area contributed by atoms with Crippen LogP contribution in [0.1, 0.15) is 42.8 Å². The lowest BCUT2D eigenvalue weighted by Crippen LogP contribution is -2.48. The number of allylic oxidation sites excluding steroid dienone is 1. The Balaban J connectivity index is 1.31. The van der Waals surface area contributed by atoms with E-state index in [0.717, 1.165) is 61.7 Å². The van der Waals surface area contributed by atoms with Crippen molar-refractivity contribution >= 4 is 29.4 Å². The van der Waals surface area contributed by atoms with E-state index in [9.17, 15) is 14.7 Å². The molecule has 2 aliphatic heterocycles. The minimum Gasteiger partial charge on any atom is -0.493 e. The van der Waals surface area contributed by atoms with Crippen molar-refractivity contribution in [3.8, 4) is 5.88 Å². The minimum absolute atomic E-state index is 0.00209. The topological polar surface area (TPSA) is 135 Å². The summed E-state index contributed by atoms with van der Waals surface area (Å²) in [5.41, 5.74) is 1.92. The highest BCUT2D eigenvalue weighted by Gasteiger charge is 2.30. The molecule has 2 fully saturated rings. The third kappa shape index (κ3) is 4.46. The average molecular weight is 509 g/mol. The molecule has 1 saturated carbocycles. The van der Waals surface area contributed by atoms with Crippen LogP contribution in [0.4, 0.5) is 0 Å². The predicted octanol–water partition coefficient (Wildman–Crippen LogP) is 0.288. The van der Waals surface area contributed by atoms with Gasteiger partial charge in [-0.2, -0.15) is 9.61 Å². The Morgan fingerprint density at radius 3 is 2.78 bits per heavy atom. The van der Waals surface area contributed by atoms with Crippen LogP contribution in [0.2, 0.25) is 0 Å². The molecule has 188 valence electrons. The maximum absolute atomic E-state index is 13.2. The van der Waals surface area contributed by atoms with E-state index in [2.05, 4.69) is 26.9 Å². The molecule has 0 spiro atoms. The first kappa shape index (κ1) is 23.0. The molecule has 0 radical (unpaired) electrons. The summed E-state index contributed by atoms with van der Waals surface area (Å²) in [7, 11) is 0.